The molecule has 0 fully saturated rings. The molecule has 160 valence electrons. The fourth-order valence-electron chi connectivity index (χ4n) is 2.99. The van der Waals surface area contributed by atoms with Gasteiger partial charge < -0.3 is 10.1 Å². The van der Waals surface area contributed by atoms with Crippen LogP contribution in [0.15, 0.2) is 30.3 Å². The summed E-state index contributed by atoms with van der Waals surface area (Å²) in [6.45, 7) is 6.70. The summed E-state index contributed by atoms with van der Waals surface area (Å²) in [6.07, 6.45) is -1.02. The molecule has 0 bridgehead atoms. The largest absolute Gasteiger partial charge is 0.450 e. The molecule has 0 radical (unpaired) electrons. The third-order valence-corrected chi connectivity index (χ3v) is 5.71. The summed E-state index contributed by atoms with van der Waals surface area (Å²) >= 11 is 1.09. The molecule has 2 aromatic rings. The first kappa shape index (κ1) is 23.2. The number of hydrogen-bond donors (Lipinski definition) is 2. The maximum Gasteiger partial charge on any atom is 0.413 e. The van der Waals surface area contributed by atoms with Crippen molar-refractivity contribution < 1.29 is 23.9 Å². The Kier molecular flexibility index (Phi) is 8.23. The van der Waals surface area contributed by atoms with Crippen LogP contribution in [0.25, 0.3) is 0 Å². The van der Waals surface area contributed by atoms with E-state index in [1.807, 2.05) is 37.3 Å². The van der Waals surface area contributed by atoms with Crippen molar-refractivity contribution >= 4 is 40.2 Å². The molecule has 0 aliphatic rings. The van der Waals surface area contributed by atoms with Gasteiger partial charge >= 0.3 is 6.09 Å². The smallest absolute Gasteiger partial charge is 0.413 e. The minimum Gasteiger partial charge on any atom is -0.450 e. The Bertz CT molecular complexity index is 926. The predicted octanol–water partition coefficient (Wildman–Crippen LogP) is 3.68. The quantitative estimate of drug-likeness (QED) is 0.616. The zero-order valence-electron chi connectivity index (χ0n) is 17.4. The average Bonchev–Trinajstić information content (AvgIpc) is 3.06. The van der Waals surface area contributed by atoms with Gasteiger partial charge in [-0.05, 0) is 25.3 Å². The Morgan fingerprint density at radius 1 is 1.17 bits per heavy atom. The molecule has 9 heteroatoms. The molecule has 2 atom stereocenters. The molecule has 2 unspecified atom stereocenters. The van der Waals surface area contributed by atoms with Gasteiger partial charge in [0, 0.05) is 13.3 Å². The second-order valence-electron chi connectivity index (χ2n) is 6.76. The molecule has 1 aromatic heterocycles. The van der Waals surface area contributed by atoms with Crippen molar-refractivity contribution in [1.29, 1.82) is 0 Å². The summed E-state index contributed by atoms with van der Waals surface area (Å²) in [6, 6.07) is 9.25. The van der Waals surface area contributed by atoms with Crippen LogP contribution in [0.5, 0.6) is 0 Å². The standard InChI is InChI=1S/C21H25N3O5S/c1-5-29-21(28)24-19(27)16(12(2)15-9-7-6-8-10-15)11-17(26)23-20-22-13(3)18(30-20)14(4)25/h6-10,12,16H,5,11H2,1-4H3,(H,22,23,26)(H,24,27,28). The normalized spacial score (nSPS) is 12.5. The monoisotopic (exact) mass is 431 g/mol. The minimum atomic E-state index is -0.852. The maximum atomic E-state index is 12.7. The molecule has 0 aliphatic heterocycles. The van der Waals surface area contributed by atoms with Crippen molar-refractivity contribution in [3.05, 3.63) is 46.5 Å². The Labute approximate surface area is 179 Å². The highest BCUT2D eigenvalue weighted by Gasteiger charge is 2.30. The van der Waals surface area contributed by atoms with Gasteiger partial charge in [-0.1, -0.05) is 48.6 Å². The van der Waals surface area contributed by atoms with Gasteiger partial charge in [0.1, 0.15) is 0 Å². The molecule has 8 nitrogen and oxygen atoms in total. The maximum absolute atomic E-state index is 12.7. The number of anilines is 1. The number of aryl methyl sites for hydroxylation is 1. The number of nitrogens with one attached hydrogen (secondary N) is 2. The highest BCUT2D eigenvalue weighted by atomic mass is 32.1. The number of hydrogen-bond acceptors (Lipinski definition) is 7. The molecule has 0 saturated carbocycles. The van der Waals surface area contributed by atoms with Gasteiger partial charge in [0.2, 0.25) is 11.8 Å². The topological polar surface area (TPSA) is 114 Å². The number of ketones is 1. The third-order valence-electron chi connectivity index (χ3n) is 4.53. The van der Waals surface area contributed by atoms with Crippen molar-refractivity contribution in [2.75, 3.05) is 11.9 Å². The van der Waals surface area contributed by atoms with Crippen LogP contribution in [0.1, 0.15) is 54.0 Å². The molecule has 0 aliphatic carbocycles. The predicted molar refractivity (Wildman–Crippen MR) is 114 cm³/mol. The number of imide groups is 1. The van der Waals surface area contributed by atoms with Gasteiger partial charge in [-0.25, -0.2) is 9.78 Å². The van der Waals surface area contributed by atoms with Crippen LogP contribution in [0.4, 0.5) is 9.93 Å². The molecule has 2 rings (SSSR count). The lowest BCUT2D eigenvalue weighted by atomic mass is 9.84. The number of nitrogens with zero attached hydrogens (tertiary/aromatic N) is 1. The van der Waals surface area contributed by atoms with Crippen LogP contribution in [0, 0.1) is 12.8 Å². The average molecular weight is 432 g/mol. The van der Waals surface area contributed by atoms with Crippen LogP contribution in [0.3, 0.4) is 0 Å². The minimum absolute atomic E-state index is 0.125. The molecular weight excluding hydrogens is 406 g/mol. The van der Waals surface area contributed by atoms with E-state index in [9.17, 15) is 19.2 Å². The van der Waals surface area contributed by atoms with Crippen molar-refractivity contribution in [1.82, 2.24) is 10.3 Å². The Hall–Kier alpha value is -3.07. The first-order valence-corrected chi connectivity index (χ1v) is 10.3. The lowest BCUT2D eigenvalue weighted by Crippen LogP contribution is -2.39. The number of rotatable bonds is 8. The van der Waals surface area contributed by atoms with Crippen molar-refractivity contribution in [2.24, 2.45) is 5.92 Å². The summed E-state index contributed by atoms with van der Waals surface area (Å²) in [4.78, 5) is 53.3. The summed E-state index contributed by atoms with van der Waals surface area (Å²) < 4.78 is 4.78. The van der Waals surface area contributed by atoms with Crippen molar-refractivity contribution in [3.63, 3.8) is 0 Å². The van der Waals surface area contributed by atoms with Crippen LogP contribution in [0.2, 0.25) is 0 Å². The van der Waals surface area contributed by atoms with Crippen LogP contribution >= 0.6 is 11.3 Å². The first-order chi connectivity index (χ1) is 14.2. The molecule has 0 spiro atoms. The molecule has 1 aromatic carbocycles. The molecule has 2 N–H and O–H groups in total. The number of thiazole rings is 1. The van der Waals surface area contributed by atoms with E-state index in [1.54, 1.807) is 13.8 Å². The number of Topliss-reactive ketones (excluding diaryl/α,β-unsaturated/α-hetero) is 1. The lowest BCUT2D eigenvalue weighted by Gasteiger charge is -2.22. The SMILES string of the molecule is CCOC(=O)NC(=O)C(CC(=O)Nc1nc(C)c(C(C)=O)s1)C(C)c1ccccc1. The zero-order chi connectivity index (χ0) is 22.3. The first-order valence-electron chi connectivity index (χ1n) is 9.53. The van der Waals surface area contributed by atoms with Gasteiger partial charge in [-0.15, -0.1) is 0 Å². The highest BCUT2D eigenvalue weighted by Crippen LogP contribution is 2.28. The van der Waals surface area contributed by atoms with E-state index in [0.29, 0.717) is 15.7 Å². The summed E-state index contributed by atoms with van der Waals surface area (Å²) in [5.74, 6) is -2.32. The summed E-state index contributed by atoms with van der Waals surface area (Å²) in [5, 5.41) is 5.13. The van der Waals surface area contributed by atoms with Crippen LogP contribution in [-0.2, 0) is 14.3 Å². The lowest BCUT2D eigenvalue weighted by molar-refractivity contribution is -0.128. The van der Waals surface area contributed by atoms with E-state index < -0.39 is 23.8 Å². The van der Waals surface area contributed by atoms with E-state index in [0.717, 1.165) is 16.9 Å². The highest BCUT2D eigenvalue weighted by molar-refractivity contribution is 7.17. The van der Waals surface area contributed by atoms with E-state index in [-0.39, 0.29) is 24.7 Å². The molecule has 3 amide bonds. The van der Waals surface area contributed by atoms with Crippen molar-refractivity contribution in [2.45, 2.75) is 40.0 Å². The Morgan fingerprint density at radius 2 is 1.83 bits per heavy atom. The molecule has 0 saturated heterocycles. The molecular formula is C21H25N3O5S. The second-order valence-corrected chi connectivity index (χ2v) is 7.76. The third kappa shape index (κ3) is 6.21. The fraction of sp³-hybridized carbons (Fsp3) is 0.381. The number of benzene rings is 1. The van der Waals surface area contributed by atoms with E-state index >= 15 is 0 Å². The van der Waals surface area contributed by atoms with Gasteiger partial charge in [0.25, 0.3) is 0 Å². The van der Waals surface area contributed by atoms with Crippen molar-refractivity contribution in [3.8, 4) is 0 Å². The van der Waals surface area contributed by atoms with E-state index in [2.05, 4.69) is 15.6 Å². The Morgan fingerprint density at radius 3 is 2.40 bits per heavy atom. The zero-order valence-corrected chi connectivity index (χ0v) is 18.2. The number of ether oxygens (including phenoxy) is 1. The Balaban J connectivity index is 2.18. The summed E-state index contributed by atoms with van der Waals surface area (Å²) in [7, 11) is 0. The van der Waals surface area contributed by atoms with E-state index in [1.165, 1.54) is 6.92 Å². The summed E-state index contributed by atoms with van der Waals surface area (Å²) in [5.41, 5.74) is 1.40. The van der Waals surface area contributed by atoms with E-state index in [4.69, 9.17) is 4.74 Å². The second kappa shape index (κ2) is 10.6. The number of aromatic nitrogens is 1. The molecule has 30 heavy (non-hydrogen) atoms. The van der Waals surface area contributed by atoms with Crippen LogP contribution in [-0.4, -0.2) is 35.3 Å². The number of carbonyl (C=O) groups excluding carboxylic acids is 4. The number of amides is 3. The molecule has 1 heterocycles. The fourth-order valence-corrected chi connectivity index (χ4v) is 3.87. The van der Waals surface area contributed by atoms with Gasteiger partial charge in [0.15, 0.2) is 10.9 Å². The van der Waals surface area contributed by atoms with Gasteiger partial charge in [-0.3, -0.25) is 19.7 Å². The number of alkyl carbamates (subject to hydrolysis) is 1. The van der Waals surface area contributed by atoms with Crippen LogP contribution < -0.4 is 10.6 Å². The van der Waals surface area contributed by atoms with Gasteiger partial charge in [-0.2, -0.15) is 0 Å². The van der Waals surface area contributed by atoms with Gasteiger partial charge in [0.05, 0.1) is 23.1 Å². The number of carbonyl (C=O) groups is 4.